The fourth-order valence-electron chi connectivity index (χ4n) is 7.71. The fraction of sp³-hybridized carbons (Fsp3) is 0.818. The highest BCUT2D eigenvalue weighted by atomic mass is 16.5. The summed E-state index contributed by atoms with van der Waals surface area (Å²) in [7, 11) is 0. The molecule has 26 heavy (non-hydrogen) atoms. The van der Waals surface area contributed by atoms with Crippen molar-refractivity contribution in [1.29, 1.82) is 0 Å². The van der Waals surface area contributed by atoms with Crippen molar-refractivity contribution in [2.45, 2.75) is 71.8 Å². The number of ketones is 1. The molecule has 0 aliphatic heterocycles. The van der Waals surface area contributed by atoms with E-state index in [9.17, 15) is 14.7 Å². The molecule has 1 N–H and O–H groups in total. The average Bonchev–Trinajstić information content (AvgIpc) is 2.74. The zero-order valence-corrected chi connectivity index (χ0v) is 16.3. The van der Waals surface area contributed by atoms with Crippen molar-refractivity contribution in [2.24, 2.45) is 34.0 Å². The second kappa shape index (κ2) is 5.67. The predicted octanol–water partition coefficient (Wildman–Crippen LogP) is 3.67. The second-order valence-electron chi connectivity index (χ2n) is 10.1. The largest absolute Gasteiger partial charge is 0.465 e. The lowest BCUT2D eigenvalue weighted by Gasteiger charge is -2.64. The molecule has 4 aliphatic carbocycles. The quantitative estimate of drug-likeness (QED) is 0.603. The molecule has 0 heterocycles. The molecule has 1 spiro atoms. The van der Waals surface area contributed by atoms with Crippen LogP contribution in [0.2, 0.25) is 0 Å². The van der Waals surface area contributed by atoms with Gasteiger partial charge in [0.15, 0.2) is 5.78 Å². The van der Waals surface area contributed by atoms with E-state index in [0.29, 0.717) is 18.9 Å². The van der Waals surface area contributed by atoms with E-state index in [0.717, 1.165) is 44.1 Å². The molecule has 4 rings (SSSR count). The van der Waals surface area contributed by atoms with Gasteiger partial charge in [-0.2, -0.15) is 0 Å². The Morgan fingerprint density at radius 1 is 1.31 bits per heavy atom. The van der Waals surface area contributed by atoms with Crippen LogP contribution in [0.5, 0.6) is 0 Å². The Labute approximate surface area is 156 Å². The Morgan fingerprint density at radius 2 is 2.04 bits per heavy atom. The number of aliphatic hydroxyl groups excluding tert-OH is 1. The molecule has 4 saturated carbocycles. The van der Waals surface area contributed by atoms with Crippen LogP contribution in [0.1, 0.15) is 65.7 Å². The molecule has 0 aromatic rings. The highest BCUT2D eigenvalue weighted by Gasteiger charge is 2.70. The number of aliphatic hydroxyl groups is 1. The first kappa shape index (κ1) is 18.2. The van der Waals surface area contributed by atoms with Crippen molar-refractivity contribution >= 4 is 11.8 Å². The fourth-order valence-corrected chi connectivity index (χ4v) is 7.71. The summed E-state index contributed by atoms with van der Waals surface area (Å²) in [5.41, 5.74) is 0.0809. The van der Waals surface area contributed by atoms with Crippen LogP contribution in [-0.4, -0.2) is 29.6 Å². The molecule has 4 heteroatoms. The second-order valence-corrected chi connectivity index (χ2v) is 10.1. The lowest BCUT2D eigenvalue weighted by atomic mass is 9.40. The van der Waals surface area contributed by atoms with Gasteiger partial charge in [-0.05, 0) is 61.3 Å². The number of esters is 1. The maximum atomic E-state index is 13.3. The number of allylic oxidation sites excluding steroid dienone is 1. The predicted molar refractivity (Wildman–Crippen MR) is 98.2 cm³/mol. The molecule has 6 atom stereocenters. The average molecular weight is 360 g/mol. The number of rotatable bonds is 2. The molecule has 4 aliphatic rings. The Kier molecular flexibility index (Phi) is 3.97. The third kappa shape index (κ3) is 2.23. The highest BCUT2D eigenvalue weighted by Crippen LogP contribution is 2.71. The molecular weight excluding hydrogens is 328 g/mol. The van der Waals surface area contributed by atoms with Gasteiger partial charge in [0.25, 0.3) is 0 Å². The van der Waals surface area contributed by atoms with Gasteiger partial charge < -0.3 is 9.84 Å². The van der Waals surface area contributed by atoms with Gasteiger partial charge in [0.1, 0.15) is 0 Å². The Hall–Kier alpha value is -1.16. The van der Waals surface area contributed by atoms with E-state index in [1.807, 2.05) is 0 Å². The maximum absolute atomic E-state index is 13.3. The molecule has 0 aromatic carbocycles. The molecular formula is C22H32O4. The zero-order valence-electron chi connectivity index (χ0n) is 16.3. The van der Waals surface area contributed by atoms with E-state index in [1.54, 1.807) is 0 Å². The summed E-state index contributed by atoms with van der Waals surface area (Å²) < 4.78 is 5.61. The van der Waals surface area contributed by atoms with Crippen LogP contribution in [0.25, 0.3) is 0 Å². The molecule has 1 unspecified atom stereocenters. The third-order valence-electron chi connectivity index (χ3n) is 8.50. The number of hydrogen-bond acceptors (Lipinski definition) is 4. The number of carbonyl (C=O) groups is 2. The summed E-state index contributed by atoms with van der Waals surface area (Å²) in [5, 5.41) is 11.2. The first-order valence-corrected chi connectivity index (χ1v) is 10.2. The van der Waals surface area contributed by atoms with Crippen LogP contribution in [-0.2, 0) is 14.3 Å². The smallest absolute Gasteiger partial charge is 0.302 e. The standard InChI is InChI=1S/C22H32O4/c1-13-15-10-16(24)18-21(11-15,19(13)25)9-6-17-20(3,4)7-5-8-22(17,18)12-26-14(2)23/h15-18,24H,1,5-12H2,2-4H3/t15-,16+,17-,18?,21-,22+/m1/s1. The summed E-state index contributed by atoms with van der Waals surface area (Å²) in [6.07, 6.45) is 5.92. The van der Waals surface area contributed by atoms with Gasteiger partial charge in [-0.15, -0.1) is 0 Å². The first-order valence-electron chi connectivity index (χ1n) is 10.2. The van der Waals surface area contributed by atoms with E-state index >= 15 is 0 Å². The first-order chi connectivity index (χ1) is 12.1. The number of carbonyl (C=O) groups excluding carboxylic acids is 2. The minimum atomic E-state index is -0.510. The van der Waals surface area contributed by atoms with Crippen molar-refractivity contribution in [3.8, 4) is 0 Å². The molecule has 4 fully saturated rings. The van der Waals surface area contributed by atoms with Crippen molar-refractivity contribution in [3.05, 3.63) is 12.2 Å². The molecule has 0 saturated heterocycles. The summed E-state index contributed by atoms with van der Waals surface area (Å²) in [5.74, 6) is 0.300. The van der Waals surface area contributed by atoms with Crippen LogP contribution >= 0.6 is 0 Å². The Bertz CT molecular complexity index is 665. The van der Waals surface area contributed by atoms with Gasteiger partial charge in [-0.1, -0.05) is 26.8 Å². The van der Waals surface area contributed by atoms with Crippen molar-refractivity contribution in [3.63, 3.8) is 0 Å². The minimum Gasteiger partial charge on any atom is -0.465 e. The molecule has 0 amide bonds. The van der Waals surface area contributed by atoms with Crippen molar-refractivity contribution < 1.29 is 19.4 Å². The van der Waals surface area contributed by atoms with Gasteiger partial charge in [0.05, 0.1) is 12.7 Å². The number of hydrogen-bond donors (Lipinski definition) is 1. The van der Waals surface area contributed by atoms with Gasteiger partial charge in [0, 0.05) is 23.7 Å². The van der Waals surface area contributed by atoms with E-state index in [4.69, 9.17) is 4.74 Å². The van der Waals surface area contributed by atoms with Crippen LogP contribution in [0, 0.1) is 34.0 Å². The van der Waals surface area contributed by atoms with Crippen LogP contribution in [0.3, 0.4) is 0 Å². The van der Waals surface area contributed by atoms with E-state index in [-0.39, 0.29) is 34.4 Å². The summed E-state index contributed by atoms with van der Waals surface area (Å²) in [6.45, 7) is 10.5. The molecule has 0 aromatic heterocycles. The van der Waals surface area contributed by atoms with E-state index in [2.05, 4.69) is 20.4 Å². The lowest BCUT2D eigenvalue weighted by molar-refractivity contribution is -0.212. The highest BCUT2D eigenvalue weighted by molar-refractivity contribution is 6.03. The SMILES string of the molecule is C=C1C(=O)[C@@]23CC[C@@H]4C(C)(C)CCC[C@@]4(COC(C)=O)C2[C@@H](O)C[C@@H]1C3. The summed E-state index contributed by atoms with van der Waals surface area (Å²) in [6, 6.07) is 0. The van der Waals surface area contributed by atoms with Crippen LogP contribution in [0.15, 0.2) is 12.2 Å². The maximum Gasteiger partial charge on any atom is 0.302 e. The van der Waals surface area contributed by atoms with Gasteiger partial charge >= 0.3 is 5.97 Å². The topological polar surface area (TPSA) is 63.6 Å². The molecule has 0 radical (unpaired) electrons. The number of Topliss-reactive ketones (excluding diaryl/α,β-unsaturated/α-hetero) is 1. The zero-order chi connectivity index (χ0) is 18.9. The molecule has 4 nitrogen and oxygen atoms in total. The van der Waals surface area contributed by atoms with Crippen molar-refractivity contribution in [1.82, 2.24) is 0 Å². The number of fused-ring (bicyclic) bond motifs is 3. The lowest BCUT2D eigenvalue weighted by Crippen LogP contribution is -2.64. The molecule has 144 valence electrons. The van der Waals surface area contributed by atoms with Gasteiger partial charge in [-0.25, -0.2) is 0 Å². The Morgan fingerprint density at radius 3 is 2.73 bits per heavy atom. The third-order valence-corrected chi connectivity index (χ3v) is 8.50. The van der Waals surface area contributed by atoms with Crippen LogP contribution < -0.4 is 0 Å². The monoisotopic (exact) mass is 360 g/mol. The molecule has 2 bridgehead atoms. The van der Waals surface area contributed by atoms with Gasteiger partial charge in [-0.3, -0.25) is 9.59 Å². The van der Waals surface area contributed by atoms with Crippen LogP contribution in [0.4, 0.5) is 0 Å². The van der Waals surface area contributed by atoms with Gasteiger partial charge in [0.2, 0.25) is 0 Å². The number of ether oxygens (including phenoxy) is 1. The summed E-state index contributed by atoms with van der Waals surface area (Å²) in [4.78, 5) is 25.0. The Balaban J connectivity index is 1.84. The summed E-state index contributed by atoms with van der Waals surface area (Å²) >= 11 is 0. The van der Waals surface area contributed by atoms with E-state index < -0.39 is 11.5 Å². The van der Waals surface area contributed by atoms with E-state index in [1.165, 1.54) is 6.92 Å². The minimum absolute atomic E-state index is 0.115. The van der Waals surface area contributed by atoms with Crippen molar-refractivity contribution in [2.75, 3.05) is 6.61 Å². The normalized spacial score (nSPS) is 46.5.